The SMILES string of the molecule is Cc1cc(/C(F)=C/c2ccc(C3(C(F)(F)F)CC3)cc2)nn1Cc1cccc(C(=O)N2CCN(C3CC3)CC2)c1. The fourth-order valence-corrected chi connectivity index (χ4v) is 5.65. The van der Waals surface area contributed by atoms with Crippen LogP contribution < -0.4 is 0 Å². The molecule has 1 aliphatic heterocycles. The van der Waals surface area contributed by atoms with Gasteiger partial charge in [0.1, 0.15) is 5.69 Å². The summed E-state index contributed by atoms with van der Waals surface area (Å²) in [6.07, 6.45) is -0.286. The third-order valence-electron chi connectivity index (χ3n) is 8.45. The van der Waals surface area contributed by atoms with Gasteiger partial charge < -0.3 is 4.90 Å². The van der Waals surface area contributed by atoms with Gasteiger partial charge in [-0.1, -0.05) is 36.4 Å². The van der Waals surface area contributed by atoms with Crippen LogP contribution in [0.15, 0.2) is 54.6 Å². The summed E-state index contributed by atoms with van der Waals surface area (Å²) in [6.45, 7) is 5.52. The van der Waals surface area contributed by atoms with Crippen molar-refractivity contribution in [2.24, 2.45) is 0 Å². The first-order valence-electron chi connectivity index (χ1n) is 13.8. The monoisotopic (exact) mass is 552 g/mol. The smallest absolute Gasteiger partial charge is 0.336 e. The van der Waals surface area contributed by atoms with Gasteiger partial charge in [0.2, 0.25) is 0 Å². The van der Waals surface area contributed by atoms with Crippen LogP contribution in [0.4, 0.5) is 17.6 Å². The molecule has 2 saturated carbocycles. The van der Waals surface area contributed by atoms with Crippen LogP contribution >= 0.6 is 0 Å². The van der Waals surface area contributed by atoms with E-state index < -0.39 is 17.4 Å². The largest absolute Gasteiger partial charge is 0.398 e. The molecule has 210 valence electrons. The Morgan fingerprint density at radius 2 is 1.73 bits per heavy atom. The number of aromatic nitrogens is 2. The van der Waals surface area contributed by atoms with Crippen molar-refractivity contribution in [3.63, 3.8) is 0 Å². The Kier molecular flexibility index (Phi) is 6.81. The summed E-state index contributed by atoms with van der Waals surface area (Å²) in [5.74, 6) is -0.543. The van der Waals surface area contributed by atoms with Crippen LogP contribution in [0.1, 0.15) is 64.1 Å². The van der Waals surface area contributed by atoms with E-state index in [1.54, 1.807) is 10.7 Å². The summed E-state index contributed by atoms with van der Waals surface area (Å²) in [7, 11) is 0. The van der Waals surface area contributed by atoms with Crippen molar-refractivity contribution >= 4 is 17.8 Å². The maximum atomic E-state index is 15.1. The van der Waals surface area contributed by atoms with Gasteiger partial charge in [-0.3, -0.25) is 14.4 Å². The molecular formula is C31H32F4N4O. The highest BCUT2D eigenvalue weighted by molar-refractivity contribution is 5.94. The van der Waals surface area contributed by atoms with Crippen LogP contribution in [-0.4, -0.2) is 63.9 Å². The minimum atomic E-state index is -4.28. The second-order valence-electron chi connectivity index (χ2n) is 11.3. The predicted octanol–water partition coefficient (Wildman–Crippen LogP) is 6.22. The number of carbonyl (C=O) groups excluding carboxylic acids is 1. The number of benzene rings is 2. The lowest BCUT2D eigenvalue weighted by molar-refractivity contribution is -0.160. The zero-order valence-electron chi connectivity index (χ0n) is 22.4. The molecule has 0 unspecified atom stereocenters. The number of nitrogens with zero attached hydrogens (tertiary/aromatic N) is 4. The summed E-state index contributed by atoms with van der Waals surface area (Å²) in [5.41, 5.74) is 1.36. The highest BCUT2D eigenvalue weighted by Crippen LogP contribution is 2.58. The van der Waals surface area contributed by atoms with Gasteiger partial charge >= 0.3 is 6.18 Å². The maximum absolute atomic E-state index is 15.1. The molecule has 6 rings (SSSR count). The van der Waals surface area contributed by atoms with E-state index in [0.29, 0.717) is 23.7 Å². The summed E-state index contributed by atoms with van der Waals surface area (Å²) >= 11 is 0. The van der Waals surface area contributed by atoms with Crippen LogP contribution in [0.2, 0.25) is 0 Å². The number of hydrogen-bond donors (Lipinski definition) is 0. The molecule has 2 heterocycles. The van der Waals surface area contributed by atoms with E-state index >= 15 is 4.39 Å². The Labute approximate surface area is 231 Å². The van der Waals surface area contributed by atoms with Gasteiger partial charge in [-0.25, -0.2) is 4.39 Å². The van der Waals surface area contributed by atoms with Gasteiger partial charge in [0.25, 0.3) is 5.91 Å². The Hall–Kier alpha value is -3.46. The van der Waals surface area contributed by atoms with E-state index in [9.17, 15) is 18.0 Å². The van der Waals surface area contributed by atoms with Crippen LogP contribution in [0, 0.1) is 6.92 Å². The van der Waals surface area contributed by atoms with Gasteiger partial charge in [-0.05, 0) is 73.6 Å². The molecule has 1 amide bonds. The molecular weight excluding hydrogens is 520 g/mol. The van der Waals surface area contributed by atoms with Crippen molar-refractivity contribution < 1.29 is 22.4 Å². The van der Waals surface area contributed by atoms with E-state index in [2.05, 4.69) is 10.00 Å². The minimum absolute atomic E-state index is 0.0259. The quantitative estimate of drug-likeness (QED) is 0.327. The van der Waals surface area contributed by atoms with E-state index in [4.69, 9.17) is 0 Å². The Morgan fingerprint density at radius 1 is 1.02 bits per heavy atom. The first-order valence-corrected chi connectivity index (χ1v) is 13.8. The van der Waals surface area contributed by atoms with Crippen LogP contribution in [0.5, 0.6) is 0 Å². The first kappa shape index (κ1) is 26.7. The Bertz CT molecular complexity index is 1430. The molecule has 3 aliphatic rings. The lowest BCUT2D eigenvalue weighted by atomic mass is 9.94. The molecule has 2 aliphatic carbocycles. The molecule has 0 radical (unpaired) electrons. The fourth-order valence-electron chi connectivity index (χ4n) is 5.65. The van der Waals surface area contributed by atoms with Crippen LogP contribution in [-0.2, 0) is 12.0 Å². The second kappa shape index (κ2) is 10.2. The molecule has 0 bridgehead atoms. The summed E-state index contributed by atoms with van der Waals surface area (Å²) < 4.78 is 57.0. The van der Waals surface area contributed by atoms with E-state index in [1.165, 1.54) is 43.2 Å². The third kappa shape index (κ3) is 5.31. The Balaban J connectivity index is 1.12. The van der Waals surface area contributed by atoms with E-state index in [-0.39, 0.29) is 30.0 Å². The molecule has 0 spiro atoms. The molecule has 3 aromatic rings. The van der Waals surface area contributed by atoms with E-state index in [1.807, 2.05) is 36.1 Å². The molecule has 40 heavy (non-hydrogen) atoms. The lowest BCUT2D eigenvalue weighted by Crippen LogP contribution is -2.49. The number of rotatable bonds is 7. The zero-order chi connectivity index (χ0) is 28.1. The zero-order valence-corrected chi connectivity index (χ0v) is 22.4. The van der Waals surface area contributed by atoms with Gasteiger partial charge in [0.15, 0.2) is 5.83 Å². The summed E-state index contributed by atoms with van der Waals surface area (Å²) in [6, 6.07) is 15.7. The number of piperazine rings is 1. The topological polar surface area (TPSA) is 41.4 Å². The van der Waals surface area contributed by atoms with Crippen molar-refractivity contribution in [3.05, 3.63) is 88.2 Å². The highest BCUT2D eigenvalue weighted by Gasteiger charge is 2.64. The average molecular weight is 553 g/mol. The van der Waals surface area contributed by atoms with Crippen LogP contribution in [0.3, 0.4) is 0 Å². The standard InChI is InChI=1S/C31H32F4N4O/c1-21-17-28(27(32)19-22-5-7-25(8-6-22)30(11-12-30)31(33,34)35)36-39(21)20-23-3-2-4-24(18-23)29(40)38-15-13-37(14-16-38)26-9-10-26/h2-8,17-19,26H,9-16,20H2,1H3/b27-19-. The number of hydrogen-bond acceptors (Lipinski definition) is 3. The highest BCUT2D eigenvalue weighted by atomic mass is 19.4. The van der Waals surface area contributed by atoms with Crippen molar-refractivity contribution in [3.8, 4) is 0 Å². The first-order chi connectivity index (χ1) is 19.1. The molecule has 0 atom stereocenters. The predicted molar refractivity (Wildman–Crippen MR) is 145 cm³/mol. The number of carbonyl (C=O) groups is 1. The molecule has 0 N–H and O–H groups in total. The van der Waals surface area contributed by atoms with Gasteiger partial charge in [0, 0.05) is 43.5 Å². The van der Waals surface area contributed by atoms with Crippen molar-refractivity contribution in [1.29, 1.82) is 0 Å². The van der Waals surface area contributed by atoms with Crippen LogP contribution in [0.25, 0.3) is 11.9 Å². The number of alkyl halides is 3. The summed E-state index contributed by atoms with van der Waals surface area (Å²) in [4.78, 5) is 17.5. The van der Waals surface area contributed by atoms with E-state index in [0.717, 1.165) is 37.4 Å². The lowest BCUT2D eigenvalue weighted by Gasteiger charge is -2.34. The number of amides is 1. The van der Waals surface area contributed by atoms with Crippen molar-refractivity contribution in [1.82, 2.24) is 19.6 Å². The van der Waals surface area contributed by atoms with Gasteiger partial charge in [-0.2, -0.15) is 18.3 Å². The molecule has 2 aromatic carbocycles. The summed E-state index contributed by atoms with van der Waals surface area (Å²) in [5, 5.41) is 4.42. The molecule has 9 heteroatoms. The Morgan fingerprint density at radius 3 is 2.35 bits per heavy atom. The van der Waals surface area contributed by atoms with Gasteiger partial charge in [0.05, 0.1) is 12.0 Å². The van der Waals surface area contributed by atoms with Gasteiger partial charge in [-0.15, -0.1) is 0 Å². The average Bonchev–Trinajstić information content (AvgIpc) is 3.87. The molecule has 3 fully saturated rings. The fraction of sp³-hybridized carbons (Fsp3) is 0.419. The minimum Gasteiger partial charge on any atom is -0.336 e. The van der Waals surface area contributed by atoms with Crippen molar-refractivity contribution in [2.75, 3.05) is 26.2 Å². The molecule has 5 nitrogen and oxygen atoms in total. The normalized spacial score (nSPS) is 19.6. The molecule has 1 saturated heterocycles. The number of halogens is 4. The second-order valence-corrected chi connectivity index (χ2v) is 11.3. The van der Waals surface area contributed by atoms with Crippen molar-refractivity contribution in [2.45, 2.75) is 56.8 Å². The third-order valence-corrected chi connectivity index (χ3v) is 8.45. The molecule has 1 aromatic heterocycles. The maximum Gasteiger partial charge on any atom is 0.398 e. The number of aryl methyl sites for hydroxylation is 1.